The predicted molar refractivity (Wildman–Crippen MR) is 74.9 cm³/mol. The van der Waals surface area contributed by atoms with Gasteiger partial charge in [-0.1, -0.05) is 13.0 Å². The number of hydrogen-bond acceptors (Lipinski definition) is 2. The molecule has 0 saturated carbocycles. The molecule has 0 aromatic heterocycles. The molecule has 1 aliphatic heterocycles. The highest BCUT2D eigenvalue weighted by atomic mass is 19.4. The normalized spacial score (nSPS) is 25.1. The SMILES string of the molecule is CC1CNC(C)CCN(c2cccc(C(F)(F)F)c2)C1. The molecule has 2 unspecified atom stereocenters. The average Bonchev–Trinajstić information content (AvgIpc) is 2.38. The Morgan fingerprint density at radius 1 is 1.25 bits per heavy atom. The maximum atomic E-state index is 12.8. The number of alkyl halides is 3. The van der Waals surface area contributed by atoms with Gasteiger partial charge >= 0.3 is 6.18 Å². The lowest BCUT2D eigenvalue weighted by molar-refractivity contribution is -0.137. The lowest BCUT2D eigenvalue weighted by atomic mass is 10.1. The van der Waals surface area contributed by atoms with Crippen LogP contribution in [0, 0.1) is 5.92 Å². The van der Waals surface area contributed by atoms with Gasteiger partial charge in [0.05, 0.1) is 5.56 Å². The second-order valence-corrected chi connectivity index (χ2v) is 5.70. The third-order valence-electron chi connectivity index (χ3n) is 3.72. The second-order valence-electron chi connectivity index (χ2n) is 5.70. The third-order valence-corrected chi connectivity index (χ3v) is 3.72. The topological polar surface area (TPSA) is 15.3 Å². The van der Waals surface area contributed by atoms with E-state index in [1.54, 1.807) is 6.07 Å². The number of hydrogen-bond donors (Lipinski definition) is 1. The maximum Gasteiger partial charge on any atom is 0.416 e. The van der Waals surface area contributed by atoms with Crippen molar-refractivity contribution in [2.24, 2.45) is 5.92 Å². The minimum atomic E-state index is -4.28. The van der Waals surface area contributed by atoms with Gasteiger partial charge in [-0.25, -0.2) is 0 Å². The first-order valence-electron chi connectivity index (χ1n) is 7.02. The van der Waals surface area contributed by atoms with Crippen molar-refractivity contribution in [1.82, 2.24) is 5.32 Å². The lowest BCUT2D eigenvalue weighted by Gasteiger charge is -2.33. The average molecular weight is 286 g/mol. The molecule has 1 aromatic rings. The van der Waals surface area contributed by atoms with E-state index in [2.05, 4.69) is 24.1 Å². The Morgan fingerprint density at radius 2 is 2.00 bits per heavy atom. The number of rotatable bonds is 1. The van der Waals surface area contributed by atoms with E-state index in [9.17, 15) is 13.2 Å². The van der Waals surface area contributed by atoms with Gasteiger partial charge in [0.15, 0.2) is 0 Å². The van der Waals surface area contributed by atoms with Crippen molar-refractivity contribution in [3.8, 4) is 0 Å². The summed E-state index contributed by atoms with van der Waals surface area (Å²) in [6, 6.07) is 6.03. The van der Waals surface area contributed by atoms with Crippen LogP contribution in [0.25, 0.3) is 0 Å². The van der Waals surface area contributed by atoms with E-state index < -0.39 is 11.7 Å². The summed E-state index contributed by atoms with van der Waals surface area (Å²) in [5, 5.41) is 3.44. The van der Waals surface area contributed by atoms with Crippen LogP contribution in [0.15, 0.2) is 24.3 Å². The number of anilines is 1. The zero-order valence-electron chi connectivity index (χ0n) is 11.9. The van der Waals surface area contributed by atoms with Crippen molar-refractivity contribution < 1.29 is 13.2 Å². The molecule has 1 saturated heterocycles. The first-order chi connectivity index (χ1) is 9.36. The van der Waals surface area contributed by atoms with E-state index in [-0.39, 0.29) is 0 Å². The molecule has 1 N–H and O–H groups in total. The largest absolute Gasteiger partial charge is 0.416 e. The van der Waals surface area contributed by atoms with Crippen LogP contribution >= 0.6 is 0 Å². The Morgan fingerprint density at radius 3 is 2.70 bits per heavy atom. The van der Waals surface area contributed by atoms with Gasteiger partial charge in [0, 0.05) is 24.8 Å². The van der Waals surface area contributed by atoms with Crippen molar-refractivity contribution in [1.29, 1.82) is 0 Å². The minimum absolute atomic E-state index is 0.394. The molecule has 0 spiro atoms. The minimum Gasteiger partial charge on any atom is -0.371 e. The molecule has 5 heteroatoms. The highest BCUT2D eigenvalue weighted by Gasteiger charge is 2.31. The molecule has 0 radical (unpaired) electrons. The quantitative estimate of drug-likeness (QED) is 0.849. The second kappa shape index (κ2) is 6.04. The highest BCUT2D eigenvalue weighted by Crippen LogP contribution is 2.32. The Labute approximate surface area is 118 Å². The molecular weight excluding hydrogens is 265 g/mol. The fourth-order valence-electron chi connectivity index (χ4n) is 2.50. The first-order valence-corrected chi connectivity index (χ1v) is 7.02. The molecule has 2 rings (SSSR count). The van der Waals surface area contributed by atoms with Crippen LogP contribution in [-0.2, 0) is 6.18 Å². The summed E-state index contributed by atoms with van der Waals surface area (Å²) in [5.74, 6) is 0.410. The summed E-state index contributed by atoms with van der Waals surface area (Å²) in [6.07, 6.45) is -3.35. The monoisotopic (exact) mass is 286 g/mol. The van der Waals surface area contributed by atoms with Gasteiger partial charge in [-0.05, 0) is 44.0 Å². The molecule has 1 fully saturated rings. The van der Waals surface area contributed by atoms with Crippen molar-refractivity contribution in [2.75, 3.05) is 24.5 Å². The summed E-state index contributed by atoms with van der Waals surface area (Å²) in [4.78, 5) is 2.07. The number of nitrogens with zero attached hydrogens (tertiary/aromatic N) is 1. The predicted octanol–water partition coefficient (Wildman–Crippen LogP) is 3.53. The van der Waals surface area contributed by atoms with E-state index >= 15 is 0 Å². The Balaban J connectivity index is 2.20. The van der Waals surface area contributed by atoms with Crippen molar-refractivity contribution in [3.63, 3.8) is 0 Å². The van der Waals surface area contributed by atoms with E-state index in [1.165, 1.54) is 12.1 Å². The number of nitrogens with one attached hydrogen (secondary N) is 1. The summed E-state index contributed by atoms with van der Waals surface area (Å²) in [6.45, 7) is 6.69. The Hall–Kier alpha value is -1.23. The lowest BCUT2D eigenvalue weighted by Crippen LogP contribution is -2.42. The fourth-order valence-corrected chi connectivity index (χ4v) is 2.50. The molecule has 20 heavy (non-hydrogen) atoms. The molecule has 0 amide bonds. The van der Waals surface area contributed by atoms with Gasteiger partial charge in [0.25, 0.3) is 0 Å². The van der Waals surface area contributed by atoms with Crippen LogP contribution in [0.1, 0.15) is 25.8 Å². The van der Waals surface area contributed by atoms with Gasteiger partial charge in [-0.3, -0.25) is 0 Å². The van der Waals surface area contributed by atoms with Gasteiger partial charge in [0.1, 0.15) is 0 Å². The Kier molecular flexibility index (Phi) is 4.58. The van der Waals surface area contributed by atoms with Crippen molar-refractivity contribution >= 4 is 5.69 Å². The molecule has 0 aliphatic carbocycles. The summed E-state index contributed by atoms with van der Waals surface area (Å²) < 4.78 is 38.4. The molecule has 0 bridgehead atoms. The van der Waals surface area contributed by atoms with Gasteiger partial charge in [0.2, 0.25) is 0 Å². The zero-order valence-corrected chi connectivity index (χ0v) is 11.9. The number of halogens is 3. The van der Waals surface area contributed by atoms with Crippen molar-refractivity contribution in [3.05, 3.63) is 29.8 Å². The summed E-state index contributed by atoms with van der Waals surface area (Å²) in [7, 11) is 0. The molecule has 1 aliphatic rings. The molecule has 2 nitrogen and oxygen atoms in total. The van der Waals surface area contributed by atoms with E-state index in [4.69, 9.17) is 0 Å². The van der Waals surface area contributed by atoms with Crippen LogP contribution in [0.5, 0.6) is 0 Å². The van der Waals surface area contributed by atoms with E-state index in [0.29, 0.717) is 17.6 Å². The maximum absolute atomic E-state index is 12.8. The van der Waals surface area contributed by atoms with Crippen LogP contribution in [-0.4, -0.2) is 25.7 Å². The van der Waals surface area contributed by atoms with Crippen LogP contribution in [0.2, 0.25) is 0 Å². The first kappa shape index (κ1) is 15.2. The molecule has 1 aromatic carbocycles. The fraction of sp³-hybridized carbons (Fsp3) is 0.600. The van der Waals surface area contributed by atoms with E-state index in [0.717, 1.165) is 32.1 Å². The van der Waals surface area contributed by atoms with Crippen LogP contribution < -0.4 is 10.2 Å². The molecule has 1 heterocycles. The summed E-state index contributed by atoms with van der Waals surface area (Å²) in [5.41, 5.74) is 0.0941. The van der Waals surface area contributed by atoms with Gasteiger partial charge < -0.3 is 10.2 Å². The van der Waals surface area contributed by atoms with Crippen LogP contribution in [0.3, 0.4) is 0 Å². The highest BCUT2D eigenvalue weighted by molar-refractivity contribution is 5.49. The zero-order chi connectivity index (χ0) is 14.8. The summed E-state index contributed by atoms with van der Waals surface area (Å²) >= 11 is 0. The number of benzene rings is 1. The third kappa shape index (κ3) is 3.88. The molecule has 2 atom stereocenters. The molecular formula is C15H21F3N2. The Bertz CT molecular complexity index is 445. The van der Waals surface area contributed by atoms with Crippen molar-refractivity contribution in [2.45, 2.75) is 32.5 Å². The van der Waals surface area contributed by atoms with Gasteiger partial charge in [-0.2, -0.15) is 13.2 Å². The van der Waals surface area contributed by atoms with Gasteiger partial charge in [-0.15, -0.1) is 0 Å². The smallest absolute Gasteiger partial charge is 0.371 e. The standard InChI is InChI=1S/C15H21F3N2/c1-11-9-19-12(2)6-7-20(10-11)14-5-3-4-13(8-14)15(16,17)18/h3-5,8,11-12,19H,6-7,9-10H2,1-2H3. The van der Waals surface area contributed by atoms with Crippen LogP contribution in [0.4, 0.5) is 18.9 Å². The molecule has 112 valence electrons. The van der Waals surface area contributed by atoms with E-state index in [1.807, 2.05) is 0 Å².